The van der Waals surface area contributed by atoms with Crippen LogP contribution >= 0.6 is 18.9 Å². The van der Waals surface area contributed by atoms with Crippen LogP contribution in [0, 0.1) is 17.8 Å². The number of anilines is 1. The van der Waals surface area contributed by atoms with Gasteiger partial charge in [-0.2, -0.15) is 8.78 Å². The summed E-state index contributed by atoms with van der Waals surface area (Å²) in [5.74, 6) is 1.55. The molecule has 82 heavy (non-hydrogen) atoms. The largest absolute Gasteiger partial charge is 0.399 e. The number of aldehydes is 1. The number of piperidine rings is 1. The third-order valence-electron chi connectivity index (χ3n) is 15.5. The Labute approximate surface area is 473 Å². The summed E-state index contributed by atoms with van der Waals surface area (Å²) in [6.45, 7) is 0.947. The molecule has 4 aliphatic heterocycles. The number of halogens is 2. The van der Waals surface area contributed by atoms with Crippen LogP contribution in [-0.4, -0.2) is 110 Å². The van der Waals surface area contributed by atoms with Gasteiger partial charge in [-0.15, -0.1) is 11.3 Å². The number of amides is 8. The molecule has 1 aromatic heterocycles. The summed E-state index contributed by atoms with van der Waals surface area (Å²) in [5.41, 5.74) is 9.89. The van der Waals surface area contributed by atoms with Crippen molar-refractivity contribution >= 4 is 88.2 Å². The van der Waals surface area contributed by atoms with Crippen LogP contribution in [0.15, 0.2) is 91.0 Å². The molecule has 24 heteroatoms. The highest BCUT2D eigenvalue weighted by Crippen LogP contribution is 2.59. The highest BCUT2D eigenvalue weighted by molar-refractivity contribution is 7.52. The SMILES string of the molecule is NC(=O)CC[C@H](NC(=O)[C@@H]1Cc2cccc3c2N1C(=O)[C@@H](NC(=O)c1cc2cc(C(F)(F)P(=O)(O)O)ccc2s1)CC3)C(=O)N[C@H](C(=O)N1CCC(CCC#Cc2ccc3c(c2)CN(C(CCC=O)C(N)=O)C3=O)CC1)c1ccccc1. The molecule has 1 fully saturated rings. The van der Waals surface area contributed by atoms with Crippen molar-refractivity contribution < 1.29 is 66.3 Å². The fraction of sp³-hybridized carbons (Fsp3) is 0.362. The van der Waals surface area contributed by atoms with E-state index in [1.165, 1.54) is 21.9 Å². The molecule has 0 spiro atoms. The Hall–Kier alpha value is -8.16. The first kappa shape index (κ1) is 58.5. The minimum atomic E-state index is -5.87. The molecule has 0 aliphatic carbocycles. The number of rotatable bonds is 20. The van der Waals surface area contributed by atoms with Crippen molar-refractivity contribution in [3.63, 3.8) is 0 Å². The first-order valence-electron chi connectivity index (χ1n) is 26.7. The summed E-state index contributed by atoms with van der Waals surface area (Å²) in [7, 11) is -5.87. The molecule has 20 nitrogen and oxygen atoms in total. The Bertz CT molecular complexity index is 3500. The second-order valence-corrected chi connectivity index (χ2v) is 23.6. The first-order valence-corrected chi connectivity index (χ1v) is 29.2. The van der Waals surface area contributed by atoms with Gasteiger partial charge in [-0.1, -0.05) is 66.4 Å². The van der Waals surface area contributed by atoms with E-state index >= 15 is 0 Å². The maximum atomic E-state index is 14.6. The van der Waals surface area contributed by atoms with Crippen LogP contribution in [0.25, 0.3) is 10.1 Å². The predicted molar refractivity (Wildman–Crippen MR) is 296 cm³/mol. The molecule has 5 atom stereocenters. The number of aryl methyl sites for hydroxylation is 1. The molecule has 0 radical (unpaired) electrons. The zero-order valence-corrected chi connectivity index (χ0v) is 45.9. The summed E-state index contributed by atoms with van der Waals surface area (Å²) in [6, 6.07) is 17.5. The van der Waals surface area contributed by atoms with Crippen molar-refractivity contribution in [1.29, 1.82) is 0 Å². The van der Waals surface area contributed by atoms with Crippen LogP contribution in [0.3, 0.4) is 0 Å². The lowest BCUT2D eigenvalue weighted by Gasteiger charge is -2.35. The molecule has 9 rings (SSSR count). The van der Waals surface area contributed by atoms with Crippen molar-refractivity contribution in [2.75, 3.05) is 18.0 Å². The van der Waals surface area contributed by atoms with E-state index in [1.807, 2.05) is 6.07 Å². The maximum absolute atomic E-state index is 14.6. The fourth-order valence-electron chi connectivity index (χ4n) is 11.1. The average molecular weight is 1160 g/mol. The van der Waals surface area contributed by atoms with E-state index in [-0.39, 0.29) is 73.1 Å². The lowest BCUT2D eigenvalue weighted by Crippen LogP contribution is -2.58. The van der Waals surface area contributed by atoms with E-state index < -0.39 is 84.5 Å². The molecule has 1 unspecified atom stereocenters. The van der Waals surface area contributed by atoms with Crippen molar-refractivity contribution in [3.05, 3.63) is 135 Å². The second kappa shape index (κ2) is 24.5. The standard InChI is InChI=1S/C58H59F2N8O12PS/c59-58(60,81(78,79)80)40-17-21-46-38(29-40)31-47(82-46)54(74)64-43-19-16-36-12-6-13-37-30-45(68(50(36)37)56(43)76)53(73)63-42(20-22-48(61)70)52(72)65-49(35-10-2-1-3-11-35)57(77)66-25-23-33(24-26-66)8-4-5-9-34-15-18-41-39(28-34)32-67(55(41)75)44(51(62)71)14-7-27-69/h1-3,6,10-13,15,17-18,21,27-29,31,33,42-45,49H,4,7-8,14,16,19-20,22-26,30,32H2,(H2,61,70)(H2,62,71)(H,63,73)(H,64,74)(H,65,72)(H2,78,79,80)/t42-,43-,44?,45-,49-/m0/s1. The average Bonchev–Trinajstić information content (AvgIpc) is 3.28. The van der Waals surface area contributed by atoms with Crippen LogP contribution in [0.2, 0.25) is 0 Å². The number of nitrogens with zero attached hydrogens (tertiary/aromatic N) is 3. The molecule has 428 valence electrons. The number of likely N-dealkylation sites (tertiary alicyclic amines) is 1. The monoisotopic (exact) mass is 1160 g/mol. The van der Waals surface area contributed by atoms with E-state index in [0.29, 0.717) is 83.3 Å². The van der Waals surface area contributed by atoms with Gasteiger partial charge in [0.15, 0.2) is 0 Å². The summed E-state index contributed by atoms with van der Waals surface area (Å²) in [4.78, 5) is 143. The quantitative estimate of drug-likeness (QED) is 0.0320. The van der Waals surface area contributed by atoms with Gasteiger partial charge in [-0.25, -0.2) is 0 Å². The topological polar surface area (TPSA) is 309 Å². The van der Waals surface area contributed by atoms with E-state index in [4.69, 9.17) is 11.5 Å². The Kier molecular flexibility index (Phi) is 17.5. The molecule has 1 saturated heterocycles. The summed E-state index contributed by atoms with van der Waals surface area (Å²) >= 11 is 0.913. The summed E-state index contributed by atoms with van der Waals surface area (Å²) < 4.78 is 41.1. The van der Waals surface area contributed by atoms with Crippen molar-refractivity contribution in [3.8, 4) is 11.8 Å². The minimum Gasteiger partial charge on any atom is -0.370 e. The van der Waals surface area contributed by atoms with Crippen molar-refractivity contribution in [1.82, 2.24) is 25.8 Å². The number of primary amides is 2. The molecule has 4 aromatic carbocycles. The Morgan fingerprint density at radius 1 is 0.878 bits per heavy atom. The number of hydrogen-bond acceptors (Lipinski definition) is 11. The van der Waals surface area contributed by atoms with Gasteiger partial charge in [0, 0.05) is 66.7 Å². The van der Waals surface area contributed by atoms with Gasteiger partial charge in [0.25, 0.3) is 11.8 Å². The van der Waals surface area contributed by atoms with Crippen LogP contribution < -0.4 is 32.3 Å². The van der Waals surface area contributed by atoms with Crippen molar-refractivity contribution in [2.24, 2.45) is 17.4 Å². The lowest BCUT2D eigenvalue weighted by atomic mass is 9.91. The number of carbonyl (C=O) groups is 9. The Morgan fingerprint density at radius 3 is 2.33 bits per heavy atom. The van der Waals surface area contributed by atoms with Crippen LogP contribution in [0.5, 0.6) is 0 Å². The third-order valence-corrected chi connectivity index (χ3v) is 17.6. The number of nitrogens with two attached hydrogens (primary N) is 2. The van der Waals surface area contributed by atoms with E-state index in [2.05, 4.69) is 27.8 Å². The van der Waals surface area contributed by atoms with E-state index in [9.17, 15) is 66.3 Å². The van der Waals surface area contributed by atoms with Crippen LogP contribution in [0.1, 0.15) is 117 Å². The van der Waals surface area contributed by atoms with Gasteiger partial charge in [0.05, 0.1) is 10.6 Å². The lowest BCUT2D eigenvalue weighted by molar-refractivity contribution is -0.139. The molecule has 5 aromatic rings. The van der Waals surface area contributed by atoms with Gasteiger partial charge in [0.1, 0.15) is 36.5 Å². The number of hydrogen-bond donors (Lipinski definition) is 7. The summed E-state index contributed by atoms with van der Waals surface area (Å²) in [5, 5.41) is 8.43. The molecule has 0 saturated carbocycles. The summed E-state index contributed by atoms with van der Waals surface area (Å²) in [6.07, 6.45) is 3.41. The maximum Gasteiger partial charge on any atom is 0.399 e. The number of para-hydroxylation sites is 1. The molecular weight excluding hydrogens is 1100 g/mol. The predicted octanol–water partition coefficient (Wildman–Crippen LogP) is 4.60. The number of alkyl halides is 2. The van der Waals surface area contributed by atoms with Crippen molar-refractivity contribution in [2.45, 2.75) is 113 Å². The number of thiophene rings is 1. The van der Waals surface area contributed by atoms with Gasteiger partial charge >= 0.3 is 13.3 Å². The number of carbonyl (C=O) groups excluding carboxylic acids is 9. The number of benzene rings is 4. The Morgan fingerprint density at radius 2 is 1.62 bits per heavy atom. The molecular formula is C58H59F2N8O12PS. The number of fused-ring (bicyclic) bond motifs is 2. The van der Waals surface area contributed by atoms with Gasteiger partial charge in [0.2, 0.25) is 35.4 Å². The van der Waals surface area contributed by atoms with Crippen LogP contribution in [-0.2, 0) is 63.2 Å². The smallest absolute Gasteiger partial charge is 0.370 e. The van der Waals surface area contributed by atoms with Gasteiger partial charge in [-0.3, -0.25) is 47.8 Å². The van der Waals surface area contributed by atoms with E-state index in [0.717, 1.165) is 35.5 Å². The number of nitrogens with one attached hydrogen (secondary N) is 3. The Balaban J connectivity index is 0.841. The fourth-order valence-corrected chi connectivity index (χ4v) is 12.6. The minimum absolute atomic E-state index is 0.0207. The van der Waals surface area contributed by atoms with Crippen LogP contribution in [0.4, 0.5) is 14.5 Å². The van der Waals surface area contributed by atoms with Gasteiger partial charge in [-0.05, 0) is 115 Å². The zero-order chi connectivity index (χ0) is 58.6. The van der Waals surface area contributed by atoms with Gasteiger partial charge < -0.3 is 51.8 Å². The zero-order valence-electron chi connectivity index (χ0n) is 44.2. The third kappa shape index (κ3) is 12.5. The molecule has 8 amide bonds. The first-order chi connectivity index (χ1) is 39.1. The second-order valence-electron chi connectivity index (χ2n) is 20.9. The molecule has 5 heterocycles. The normalized spacial score (nSPS) is 18.1. The highest BCUT2D eigenvalue weighted by Gasteiger charge is 2.51. The molecule has 0 bridgehead atoms. The van der Waals surface area contributed by atoms with E-state index in [1.54, 1.807) is 65.6 Å². The molecule has 9 N–H and O–H groups in total. The molecule has 4 aliphatic rings. The highest BCUT2D eigenvalue weighted by atomic mass is 32.1.